The van der Waals surface area contributed by atoms with Crippen LogP contribution in [0.15, 0.2) is 66.3 Å². The highest BCUT2D eigenvalue weighted by atomic mass is 32.2. The van der Waals surface area contributed by atoms with Crippen molar-refractivity contribution >= 4 is 29.3 Å². The summed E-state index contributed by atoms with van der Waals surface area (Å²) in [7, 11) is 1.56. The van der Waals surface area contributed by atoms with Gasteiger partial charge in [0.15, 0.2) is 11.0 Å². The Morgan fingerprint density at radius 2 is 2.03 bits per heavy atom. The average Bonchev–Trinajstić information content (AvgIpc) is 3.18. The molecular weight excluding hydrogens is 433 g/mol. The molecule has 0 atom stereocenters. The molecule has 0 radical (unpaired) electrons. The first-order valence-corrected chi connectivity index (χ1v) is 10.6. The zero-order valence-corrected chi connectivity index (χ0v) is 18.2. The van der Waals surface area contributed by atoms with Crippen molar-refractivity contribution in [2.75, 3.05) is 18.2 Å². The quantitative estimate of drug-likeness (QED) is 0.360. The molecule has 0 spiro atoms. The van der Waals surface area contributed by atoms with Crippen LogP contribution in [0.5, 0.6) is 5.75 Å². The van der Waals surface area contributed by atoms with Crippen molar-refractivity contribution in [1.29, 1.82) is 0 Å². The molecule has 1 heterocycles. The normalized spacial score (nSPS) is 10.4. The number of benzene rings is 2. The number of methoxy groups -OCH3 is 1. The summed E-state index contributed by atoms with van der Waals surface area (Å²) >= 11 is 1.20. The molecule has 166 valence electrons. The van der Waals surface area contributed by atoms with E-state index in [-0.39, 0.29) is 23.8 Å². The number of allylic oxidation sites excluding steroid dienone is 1. The van der Waals surface area contributed by atoms with E-state index in [2.05, 4.69) is 27.4 Å². The molecule has 0 aliphatic rings. The highest BCUT2D eigenvalue weighted by Gasteiger charge is 2.16. The van der Waals surface area contributed by atoms with Crippen molar-refractivity contribution in [2.45, 2.75) is 18.2 Å². The topological polar surface area (TPSA) is 98.1 Å². The van der Waals surface area contributed by atoms with Crippen LogP contribution in [0.1, 0.15) is 16.2 Å². The number of ether oxygens (including phenoxy) is 1. The lowest BCUT2D eigenvalue weighted by molar-refractivity contribution is -0.113. The van der Waals surface area contributed by atoms with Crippen molar-refractivity contribution in [2.24, 2.45) is 0 Å². The van der Waals surface area contributed by atoms with Crippen molar-refractivity contribution in [1.82, 2.24) is 20.1 Å². The molecule has 8 nitrogen and oxygen atoms in total. The summed E-state index contributed by atoms with van der Waals surface area (Å²) in [6.07, 6.45) is 1.66. The number of amides is 2. The van der Waals surface area contributed by atoms with E-state index in [0.29, 0.717) is 29.0 Å². The summed E-state index contributed by atoms with van der Waals surface area (Å²) in [4.78, 5) is 24.6. The maximum atomic E-state index is 13.8. The first-order chi connectivity index (χ1) is 15.5. The fraction of sp³-hybridized carbons (Fsp3) is 0.182. The number of hydrogen-bond acceptors (Lipinski definition) is 6. The predicted molar refractivity (Wildman–Crippen MR) is 120 cm³/mol. The van der Waals surface area contributed by atoms with E-state index in [1.807, 2.05) is 0 Å². The van der Waals surface area contributed by atoms with E-state index in [4.69, 9.17) is 4.74 Å². The van der Waals surface area contributed by atoms with Gasteiger partial charge in [0.1, 0.15) is 11.6 Å². The number of thioether (sulfide) groups is 1. The maximum Gasteiger partial charge on any atom is 0.254 e. The van der Waals surface area contributed by atoms with Crippen LogP contribution in [-0.4, -0.2) is 39.4 Å². The van der Waals surface area contributed by atoms with E-state index in [0.717, 1.165) is 0 Å². The maximum absolute atomic E-state index is 13.8. The molecule has 2 aromatic carbocycles. The smallest absolute Gasteiger partial charge is 0.254 e. The van der Waals surface area contributed by atoms with Gasteiger partial charge in [0.05, 0.1) is 25.0 Å². The summed E-state index contributed by atoms with van der Waals surface area (Å²) in [5, 5.41) is 14.1. The van der Waals surface area contributed by atoms with Gasteiger partial charge in [-0.25, -0.2) is 4.39 Å². The molecule has 0 fully saturated rings. The lowest BCUT2D eigenvalue weighted by Crippen LogP contribution is -2.25. The van der Waals surface area contributed by atoms with Crippen LogP contribution in [0, 0.1) is 5.82 Å². The highest BCUT2D eigenvalue weighted by molar-refractivity contribution is 7.99. The first-order valence-electron chi connectivity index (χ1n) is 9.64. The molecule has 0 unspecified atom stereocenters. The molecule has 0 aliphatic heterocycles. The zero-order valence-electron chi connectivity index (χ0n) is 17.4. The first kappa shape index (κ1) is 23.0. The fourth-order valence-corrected chi connectivity index (χ4v) is 3.56. The standard InChI is InChI=1S/C22H22FN5O3S/c1-3-11-28-19(13-24-21(30)17-9-4-5-10-18(17)23)26-27-22(28)32-14-20(29)25-15-7-6-8-16(12-15)31-2/h3-10,12H,1,11,13-14H2,2H3,(H,24,30)(H,25,29). The Morgan fingerprint density at radius 1 is 1.22 bits per heavy atom. The second-order valence-electron chi connectivity index (χ2n) is 6.53. The van der Waals surface area contributed by atoms with Gasteiger partial charge in [-0.2, -0.15) is 0 Å². The third-order valence-electron chi connectivity index (χ3n) is 4.32. The molecule has 0 aliphatic carbocycles. The third kappa shape index (κ3) is 5.94. The Labute approximate surface area is 188 Å². The van der Waals surface area contributed by atoms with Gasteiger partial charge in [-0.1, -0.05) is 36.0 Å². The monoisotopic (exact) mass is 455 g/mol. The summed E-state index contributed by atoms with van der Waals surface area (Å²) < 4.78 is 20.7. The molecule has 0 saturated heterocycles. The summed E-state index contributed by atoms with van der Waals surface area (Å²) in [5.74, 6) is -0.160. The number of anilines is 1. The van der Waals surface area contributed by atoms with Crippen molar-refractivity contribution < 1.29 is 18.7 Å². The minimum atomic E-state index is -0.601. The Morgan fingerprint density at radius 3 is 2.78 bits per heavy atom. The summed E-state index contributed by atoms with van der Waals surface area (Å²) in [5.41, 5.74) is 0.574. The van der Waals surface area contributed by atoms with Crippen LogP contribution in [-0.2, 0) is 17.9 Å². The van der Waals surface area contributed by atoms with Crippen LogP contribution in [0.3, 0.4) is 0 Å². The number of aromatic nitrogens is 3. The van der Waals surface area contributed by atoms with Crippen molar-refractivity contribution in [3.8, 4) is 5.75 Å². The molecule has 1 aromatic heterocycles. The molecule has 0 bridgehead atoms. The predicted octanol–water partition coefficient (Wildman–Crippen LogP) is 3.27. The molecule has 0 saturated carbocycles. The average molecular weight is 456 g/mol. The van der Waals surface area contributed by atoms with E-state index in [9.17, 15) is 14.0 Å². The van der Waals surface area contributed by atoms with Gasteiger partial charge < -0.3 is 19.9 Å². The lowest BCUT2D eigenvalue weighted by Gasteiger charge is -2.10. The second-order valence-corrected chi connectivity index (χ2v) is 7.47. The fourth-order valence-electron chi connectivity index (χ4n) is 2.80. The van der Waals surface area contributed by atoms with E-state index in [1.165, 1.54) is 30.0 Å². The van der Waals surface area contributed by atoms with Gasteiger partial charge in [-0.05, 0) is 24.3 Å². The molecule has 2 N–H and O–H groups in total. The van der Waals surface area contributed by atoms with Gasteiger partial charge in [0.2, 0.25) is 5.91 Å². The highest BCUT2D eigenvalue weighted by Crippen LogP contribution is 2.20. The zero-order chi connectivity index (χ0) is 22.9. The van der Waals surface area contributed by atoms with E-state index < -0.39 is 11.7 Å². The Hall–Kier alpha value is -3.66. The van der Waals surface area contributed by atoms with Crippen LogP contribution < -0.4 is 15.4 Å². The van der Waals surface area contributed by atoms with E-state index in [1.54, 1.807) is 48.1 Å². The van der Waals surface area contributed by atoms with Gasteiger partial charge in [-0.3, -0.25) is 9.59 Å². The minimum Gasteiger partial charge on any atom is -0.497 e. The van der Waals surface area contributed by atoms with Gasteiger partial charge in [0.25, 0.3) is 5.91 Å². The summed E-state index contributed by atoms with van der Waals surface area (Å²) in [6.45, 7) is 4.16. The largest absolute Gasteiger partial charge is 0.497 e. The Kier molecular flexibility index (Phi) is 7.98. The number of nitrogens with one attached hydrogen (secondary N) is 2. The molecule has 10 heteroatoms. The van der Waals surface area contributed by atoms with Gasteiger partial charge in [-0.15, -0.1) is 16.8 Å². The molecule has 32 heavy (non-hydrogen) atoms. The molecular formula is C22H22FN5O3S. The van der Waals surface area contributed by atoms with Crippen LogP contribution in [0.2, 0.25) is 0 Å². The minimum absolute atomic E-state index is 0.0462. The molecule has 3 aromatic rings. The lowest BCUT2D eigenvalue weighted by atomic mass is 10.2. The number of carbonyl (C=O) groups excluding carboxylic acids is 2. The van der Waals surface area contributed by atoms with E-state index >= 15 is 0 Å². The third-order valence-corrected chi connectivity index (χ3v) is 5.28. The second kappa shape index (κ2) is 11.1. The molecule has 2 amide bonds. The number of carbonyl (C=O) groups is 2. The number of hydrogen-bond donors (Lipinski definition) is 2. The Balaban J connectivity index is 1.61. The van der Waals surface area contributed by atoms with Gasteiger partial charge >= 0.3 is 0 Å². The van der Waals surface area contributed by atoms with Crippen molar-refractivity contribution in [3.63, 3.8) is 0 Å². The van der Waals surface area contributed by atoms with Crippen molar-refractivity contribution in [3.05, 3.63) is 78.4 Å². The van der Waals surface area contributed by atoms with Crippen LogP contribution >= 0.6 is 11.8 Å². The Bertz CT molecular complexity index is 1120. The summed E-state index contributed by atoms with van der Waals surface area (Å²) in [6, 6.07) is 12.8. The van der Waals surface area contributed by atoms with Gasteiger partial charge in [0, 0.05) is 18.3 Å². The SMILES string of the molecule is C=CCn1c(CNC(=O)c2ccccc2F)nnc1SCC(=O)Nc1cccc(OC)c1. The number of nitrogens with zero attached hydrogens (tertiary/aromatic N) is 3. The number of halogens is 1. The molecule has 3 rings (SSSR count). The van der Waals surface area contributed by atoms with Crippen LogP contribution in [0.4, 0.5) is 10.1 Å². The van der Waals surface area contributed by atoms with Crippen LogP contribution in [0.25, 0.3) is 0 Å². The number of rotatable bonds is 10.